The molecular weight excluding hydrogens is 216 g/mol. The predicted octanol–water partition coefficient (Wildman–Crippen LogP) is 1.43. The first-order valence-corrected chi connectivity index (χ1v) is 5.82. The molecule has 0 saturated carbocycles. The van der Waals surface area contributed by atoms with Crippen LogP contribution < -0.4 is 10.6 Å². The molecule has 0 aliphatic carbocycles. The van der Waals surface area contributed by atoms with E-state index in [-0.39, 0.29) is 11.7 Å². The highest BCUT2D eigenvalue weighted by molar-refractivity contribution is 5.95. The van der Waals surface area contributed by atoms with Gasteiger partial charge in [0.2, 0.25) is 0 Å². The topological polar surface area (TPSA) is 61.4 Å². The fourth-order valence-electron chi connectivity index (χ4n) is 1.53. The first-order chi connectivity index (χ1) is 8.00. The van der Waals surface area contributed by atoms with Crippen molar-refractivity contribution in [2.45, 2.75) is 26.8 Å². The largest absolute Gasteiger partial charge is 0.508 e. The molecule has 0 bridgehead atoms. The third-order valence-corrected chi connectivity index (χ3v) is 2.42. The van der Waals surface area contributed by atoms with Crippen LogP contribution in [0, 0.1) is 6.92 Å². The van der Waals surface area contributed by atoms with Gasteiger partial charge >= 0.3 is 0 Å². The first-order valence-electron chi connectivity index (χ1n) is 5.82. The Bertz CT molecular complexity index is 389. The van der Waals surface area contributed by atoms with Crippen LogP contribution in [0.5, 0.6) is 5.75 Å². The summed E-state index contributed by atoms with van der Waals surface area (Å²) in [5.41, 5.74) is 1.38. The van der Waals surface area contributed by atoms with Gasteiger partial charge in [0.15, 0.2) is 0 Å². The number of benzene rings is 1. The number of amides is 1. The summed E-state index contributed by atoms with van der Waals surface area (Å²) in [6.45, 7) is 7.27. The van der Waals surface area contributed by atoms with Gasteiger partial charge in [0.1, 0.15) is 5.75 Å². The van der Waals surface area contributed by atoms with Crippen molar-refractivity contribution in [1.82, 2.24) is 10.6 Å². The monoisotopic (exact) mass is 236 g/mol. The lowest BCUT2D eigenvalue weighted by Crippen LogP contribution is -2.34. The normalized spacial score (nSPS) is 10.6. The van der Waals surface area contributed by atoms with E-state index < -0.39 is 0 Å². The van der Waals surface area contributed by atoms with Gasteiger partial charge in [0, 0.05) is 24.7 Å². The zero-order valence-corrected chi connectivity index (χ0v) is 10.6. The molecule has 1 amide bonds. The third-order valence-electron chi connectivity index (χ3n) is 2.42. The molecule has 17 heavy (non-hydrogen) atoms. The number of carbonyl (C=O) groups is 1. The van der Waals surface area contributed by atoms with Gasteiger partial charge in [-0.1, -0.05) is 13.8 Å². The molecule has 1 rings (SSSR count). The van der Waals surface area contributed by atoms with E-state index in [1.54, 1.807) is 19.1 Å². The Morgan fingerprint density at radius 2 is 2.06 bits per heavy atom. The van der Waals surface area contributed by atoms with Gasteiger partial charge in [-0.2, -0.15) is 0 Å². The van der Waals surface area contributed by atoms with Gasteiger partial charge in [-0.05, 0) is 30.7 Å². The van der Waals surface area contributed by atoms with Gasteiger partial charge in [0.05, 0.1) is 0 Å². The lowest BCUT2D eigenvalue weighted by Gasteiger charge is -2.10. The highest BCUT2D eigenvalue weighted by atomic mass is 16.3. The van der Waals surface area contributed by atoms with E-state index in [1.807, 2.05) is 0 Å². The van der Waals surface area contributed by atoms with E-state index in [0.29, 0.717) is 18.2 Å². The molecule has 3 N–H and O–H groups in total. The number of hydrogen-bond donors (Lipinski definition) is 3. The van der Waals surface area contributed by atoms with E-state index in [9.17, 15) is 9.90 Å². The minimum Gasteiger partial charge on any atom is -0.508 e. The predicted molar refractivity (Wildman–Crippen MR) is 68.3 cm³/mol. The van der Waals surface area contributed by atoms with Crippen molar-refractivity contribution in [3.8, 4) is 5.75 Å². The summed E-state index contributed by atoms with van der Waals surface area (Å²) in [6.07, 6.45) is 0. The molecule has 0 unspecified atom stereocenters. The molecular formula is C13H20N2O2. The van der Waals surface area contributed by atoms with Crippen LogP contribution in [0.4, 0.5) is 0 Å². The van der Waals surface area contributed by atoms with Crippen molar-refractivity contribution >= 4 is 5.91 Å². The van der Waals surface area contributed by atoms with Crippen LogP contribution >= 0.6 is 0 Å². The molecule has 0 atom stereocenters. The van der Waals surface area contributed by atoms with Crippen molar-refractivity contribution in [1.29, 1.82) is 0 Å². The molecule has 4 nitrogen and oxygen atoms in total. The fourth-order valence-corrected chi connectivity index (χ4v) is 1.53. The molecule has 0 aromatic heterocycles. The summed E-state index contributed by atoms with van der Waals surface area (Å²) >= 11 is 0. The number of nitrogens with one attached hydrogen (secondary N) is 2. The van der Waals surface area contributed by atoms with Gasteiger partial charge < -0.3 is 15.7 Å². The maximum atomic E-state index is 11.8. The average molecular weight is 236 g/mol. The summed E-state index contributed by atoms with van der Waals surface area (Å²) in [4.78, 5) is 11.8. The first kappa shape index (κ1) is 13.5. The lowest BCUT2D eigenvalue weighted by atomic mass is 10.1. The number of carbonyl (C=O) groups excluding carboxylic acids is 1. The molecule has 0 heterocycles. The zero-order valence-electron chi connectivity index (χ0n) is 10.6. The van der Waals surface area contributed by atoms with Crippen molar-refractivity contribution in [2.24, 2.45) is 0 Å². The van der Waals surface area contributed by atoms with Gasteiger partial charge in [0.25, 0.3) is 5.91 Å². The second-order valence-corrected chi connectivity index (χ2v) is 4.36. The molecule has 4 heteroatoms. The molecule has 0 saturated heterocycles. The van der Waals surface area contributed by atoms with Crippen molar-refractivity contribution < 1.29 is 9.90 Å². The summed E-state index contributed by atoms with van der Waals surface area (Å²) < 4.78 is 0. The van der Waals surface area contributed by atoms with Crippen LogP contribution in [-0.4, -0.2) is 30.1 Å². The number of phenols is 1. The average Bonchev–Trinajstić information content (AvgIpc) is 2.23. The fraction of sp³-hybridized carbons (Fsp3) is 0.462. The molecule has 0 aliphatic heterocycles. The number of phenolic OH excluding ortho intramolecular Hbond substituents is 1. The summed E-state index contributed by atoms with van der Waals surface area (Å²) in [5, 5.41) is 15.3. The van der Waals surface area contributed by atoms with Crippen LogP contribution in [0.25, 0.3) is 0 Å². The van der Waals surface area contributed by atoms with Crippen LogP contribution in [0.2, 0.25) is 0 Å². The minimum absolute atomic E-state index is 0.104. The third kappa shape index (κ3) is 4.44. The van der Waals surface area contributed by atoms with Crippen LogP contribution in [0.15, 0.2) is 18.2 Å². The quantitative estimate of drug-likeness (QED) is 0.678. The summed E-state index contributed by atoms with van der Waals surface area (Å²) in [7, 11) is 0. The second-order valence-electron chi connectivity index (χ2n) is 4.36. The molecule has 1 aromatic carbocycles. The smallest absolute Gasteiger partial charge is 0.251 e. The lowest BCUT2D eigenvalue weighted by molar-refractivity contribution is 0.0953. The SMILES string of the molecule is Cc1cc(O)ccc1C(=O)NCCNC(C)C. The minimum atomic E-state index is -0.104. The van der Waals surface area contributed by atoms with E-state index >= 15 is 0 Å². The number of hydrogen-bond acceptors (Lipinski definition) is 3. The Balaban J connectivity index is 2.47. The van der Waals surface area contributed by atoms with E-state index in [0.717, 1.165) is 12.1 Å². The maximum Gasteiger partial charge on any atom is 0.251 e. The number of aryl methyl sites for hydroxylation is 1. The van der Waals surface area contributed by atoms with Crippen molar-refractivity contribution in [3.63, 3.8) is 0 Å². The highest BCUT2D eigenvalue weighted by Gasteiger charge is 2.08. The molecule has 1 aromatic rings. The standard InChI is InChI=1S/C13H20N2O2/c1-9(2)14-6-7-15-13(17)12-5-4-11(16)8-10(12)3/h4-5,8-9,14,16H,6-7H2,1-3H3,(H,15,17). The zero-order chi connectivity index (χ0) is 12.8. The van der Waals surface area contributed by atoms with Gasteiger partial charge in [-0.15, -0.1) is 0 Å². The Labute approximate surface area is 102 Å². The Kier molecular flexibility index (Phi) is 4.97. The summed E-state index contributed by atoms with van der Waals surface area (Å²) in [5.74, 6) is 0.0774. The van der Waals surface area contributed by atoms with Crippen LogP contribution in [-0.2, 0) is 0 Å². The molecule has 0 aliphatic rings. The van der Waals surface area contributed by atoms with Crippen molar-refractivity contribution in [3.05, 3.63) is 29.3 Å². The van der Waals surface area contributed by atoms with Crippen molar-refractivity contribution in [2.75, 3.05) is 13.1 Å². The second kappa shape index (κ2) is 6.25. The Morgan fingerprint density at radius 3 is 2.65 bits per heavy atom. The Morgan fingerprint density at radius 1 is 1.35 bits per heavy atom. The van der Waals surface area contributed by atoms with E-state index in [2.05, 4.69) is 24.5 Å². The number of aromatic hydroxyl groups is 1. The van der Waals surface area contributed by atoms with Crippen LogP contribution in [0.3, 0.4) is 0 Å². The molecule has 0 radical (unpaired) electrons. The van der Waals surface area contributed by atoms with Crippen LogP contribution in [0.1, 0.15) is 29.8 Å². The van der Waals surface area contributed by atoms with E-state index in [1.165, 1.54) is 6.07 Å². The summed E-state index contributed by atoms with van der Waals surface area (Å²) in [6, 6.07) is 5.16. The molecule has 94 valence electrons. The number of rotatable bonds is 5. The Hall–Kier alpha value is -1.55. The van der Waals surface area contributed by atoms with Gasteiger partial charge in [-0.25, -0.2) is 0 Å². The molecule has 0 spiro atoms. The highest BCUT2D eigenvalue weighted by Crippen LogP contribution is 2.15. The molecule has 0 fully saturated rings. The van der Waals surface area contributed by atoms with E-state index in [4.69, 9.17) is 0 Å². The van der Waals surface area contributed by atoms with Gasteiger partial charge in [-0.3, -0.25) is 4.79 Å². The maximum absolute atomic E-state index is 11.8.